The highest BCUT2D eigenvalue weighted by Crippen LogP contribution is 2.49. The first-order valence-electron chi connectivity index (χ1n) is 6.27. The summed E-state index contributed by atoms with van der Waals surface area (Å²) in [4.78, 5) is 12.3. The third-order valence-corrected chi connectivity index (χ3v) is 6.31. The summed E-state index contributed by atoms with van der Waals surface area (Å²) in [7, 11) is -0.532. The molecule has 0 radical (unpaired) electrons. The minimum atomic E-state index is -3.19. The topological polar surface area (TPSA) is 55.8 Å². The molecule has 1 aliphatic heterocycles. The van der Waals surface area contributed by atoms with Gasteiger partial charge in [0.2, 0.25) is 5.91 Å². The second-order valence-corrected chi connectivity index (χ2v) is 7.78. The summed E-state index contributed by atoms with van der Waals surface area (Å²) in [5, 5.41) is 0. The van der Waals surface area contributed by atoms with Crippen molar-refractivity contribution in [1.29, 1.82) is 0 Å². The molecule has 2 rings (SSSR count). The number of hydrogen-bond donors (Lipinski definition) is 0. The van der Waals surface area contributed by atoms with Gasteiger partial charge in [-0.2, -0.15) is 0 Å². The highest BCUT2D eigenvalue weighted by atomic mass is 32.2. The Kier molecular flexibility index (Phi) is 5.27. The van der Waals surface area contributed by atoms with E-state index < -0.39 is 7.60 Å². The maximum Gasteiger partial charge on any atom is 0.350 e. The van der Waals surface area contributed by atoms with Crippen LogP contribution in [-0.4, -0.2) is 36.5 Å². The zero-order valence-electron chi connectivity index (χ0n) is 11.5. The first-order valence-corrected chi connectivity index (χ1v) is 8.94. The largest absolute Gasteiger partial charge is 0.350 e. The second kappa shape index (κ2) is 6.76. The number of carbonyl (C=O) groups excluding carboxylic acids is 1. The van der Waals surface area contributed by atoms with Crippen LogP contribution in [0.3, 0.4) is 0 Å². The van der Waals surface area contributed by atoms with E-state index in [0.29, 0.717) is 12.2 Å². The van der Waals surface area contributed by atoms with Crippen molar-refractivity contribution < 1.29 is 18.4 Å². The van der Waals surface area contributed by atoms with Gasteiger partial charge in [0.05, 0.1) is 5.92 Å². The first kappa shape index (κ1) is 15.6. The number of carbonyl (C=O) groups is 1. The summed E-state index contributed by atoms with van der Waals surface area (Å²) in [6.45, 7) is 0. The van der Waals surface area contributed by atoms with Crippen molar-refractivity contribution in [3.63, 3.8) is 0 Å². The van der Waals surface area contributed by atoms with E-state index in [0.717, 1.165) is 5.56 Å². The van der Waals surface area contributed by atoms with Crippen molar-refractivity contribution in [2.45, 2.75) is 6.42 Å². The van der Waals surface area contributed by atoms with Gasteiger partial charge in [0.1, 0.15) is 6.29 Å². The second-order valence-electron chi connectivity index (χ2n) is 4.52. The fourth-order valence-electron chi connectivity index (χ4n) is 2.02. The normalized spacial score (nSPS) is 19.6. The van der Waals surface area contributed by atoms with Gasteiger partial charge in [-0.15, -0.1) is 0 Å². The molecule has 0 N–H and O–H groups in total. The van der Waals surface area contributed by atoms with Crippen molar-refractivity contribution in [2.24, 2.45) is 5.92 Å². The Morgan fingerprint density at radius 2 is 1.95 bits per heavy atom. The Bertz CT molecular complexity index is 502. The summed E-state index contributed by atoms with van der Waals surface area (Å²) in [6.07, 6.45) is 0.697. The zero-order chi connectivity index (χ0) is 14.6. The average Bonchev–Trinajstić information content (AvgIpc) is 2.81. The molecule has 1 unspecified atom stereocenters. The van der Waals surface area contributed by atoms with Crippen molar-refractivity contribution in [3.05, 3.63) is 35.9 Å². The van der Waals surface area contributed by atoms with Gasteiger partial charge in [0.25, 0.3) is 0 Å². The molecule has 0 bridgehead atoms. The van der Waals surface area contributed by atoms with E-state index in [2.05, 4.69) is 0 Å². The molecule has 20 heavy (non-hydrogen) atoms. The van der Waals surface area contributed by atoms with E-state index in [9.17, 15) is 9.36 Å². The molecule has 1 aliphatic rings. The quantitative estimate of drug-likeness (QED) is 0.597. The van der Waals surface area contributed by atoms with Crippen LogP contribution in [-0.2, 0) is 24.8 Å². The lowest BCUT2D eigenvalue weighted by Gasteiger charge is -2.20. The number of rotatable bonds is 6. The van der Waals surface area contributed by atoms with Crippen molar-refractivity contribution in [1.82, 2.24) is 4.31 Å². The highest BCUT2D eigenvalue weighted by molar-refractivity contribution is 7.98. The van der Waals surface area contributed by atoms with Crippen LogP contribution < -0.4 is 0 Å². The lowest BCUT2D eigenvalue weighted by Crippen LogP contribution is -2.26. The predicted octanol–water partition coefficient (Wildman–Crippen LogP) is 2.78. The zero-order valence-corrected chi connectivity index (χ0v) is 13.2. The van der Waals surface area contributed by atoms with Crippen LogP contribution in [0.15, 0.2) is 30.3 Å². The standard InChI is InChI=1S/C13H18NO4PS/c1-17-19(16,18-2)10-14-13(15)12(9-20-14)8-11-6-4-3-5-7-11/h3-7,12H,8-10H2,1-2H3. The molecule has 1 amide bonds. The van der Waals surface area contributed by atoms with E-state index in [1.54, 1.807) is 0 Å². The fourth-order valence-corrected chi connectivity index (χ4v) is 4.50. The van der Waals surface area contributed by atoms with Gasteiger partial charge < -0.3 is 9.05 Å². The Balaban J connectivity index is 1.98. The van der Waals surface area contributed by atoms with E-state index in [1.165, 1.54) is 30.5 Å². The maximum absolute atomic E-state index is 12.3. The number of benzene rings is 1. The van der Waals surface area contributed by atoms with Gasteiger partial charge in [-0.1, -0.05) is 30.3 Å². The van der Waals surface area contributed by atoms with Crippen LogP contribution in [0, 0.1) is 5.92 Å². The fraction of sp³-hybridized carbons (Fsp3) is 0.462. The van der Waals surface area contributed by atoms with E-state index >= 15 is 0 Å². The van der Waals surface area contributed by atoms with Crippen molar-refractivity contribution in [2.75, 3.05) is 26.3 Å². The Morgan fingerprint density at radius 1 is 1.30 bits per heavy atom. The van der Waals surface area contributed by atoms with Crippen molar-refractivity contribution >= 4 is 25.5 Å². The van der Waals surface area contributed by atoms with Crippen LogP contribution in [0.25, 0.3) is 0 Å². The molecule has 1 heterocycles. The van der Waals surface area contributed by atoms with Crippen LogP contribution in [0.1, 0.15) is 5.56 Å². The maximum atomic E-state index is 12.3. The van der Waals surface area contributed by atoms with Gasteiger partial charge in [0, 0.05) is 20.0 Å². The van der Waals surface area contributed by atoms with Crippen LogP contribution in [0.5, 0.6) is 0 Å². The van der Waals surface area contributed by atoms with Crippen LogP contribution in [0.2, 0.25) is 0 Å². The molecular formula is C13H18NO4PS. The minimum absolute atomic E-state index is 0.00517. The summed E-state index contributed by atoms with van der Waals surface area (Å²) in [5.74, 6) is 0.610. The number of amides is 1. The molecule has 1 fully saturated rings. The third kappa shape index (κ3) is 3.64. The molecule has 5 nitrogen and oxygen atoms in total. The van der Waals surface area contributed by atoms with E-state index in [1.807, 2.05) is 30.3 Å². The summed E-state index contributed by atoms with van der Waals surface area (Å²) >= 11 is 1.39. The molecule has 0 aliphatic carbocycles. The first-order chi connectivity index (χ1) is 9.58. The Morgan fingerprint density at radius 3 is 2.55 bits per heavy atom. The molecule has 7 heteroatoms. The highest BCUT2D eigenvalue weighted by Gasteiger charge is 2.37. The Hall–Kier alpha value is -0.810. The third-order valence-electron chi connectivity index (χ3n) is 3.21. The lowest BCUT2D eigenvalue weighted by molar-refractivity contribution is -0.128. The molecule has 1 saturated heterocycles. The SMILES string of the molecule is COP(=O)(CN1SCC(Cc2ccccc2)C1=O)OC. The van der Waals surface area contributed by atoms with Gasteiger partial charge in [-0.3, -0.25) is 13.7 Å². The molecule has 1 atom stereocenters. The van der Waals surface area contributed by atoms with E-state index in [-0.39, 0.29) is 18.1 Å². The molecule has 1 aromatic carbocycles. The predicted molar refractivity (Wildman–Crippen MR) is 79.4 cm³/mol. The summed E-state index contributed by atoms with van der Waals surface area (Å²) in [6, 6.07) is 9.90. The van der Waals surface area contributed by atoms with E-state index in [4.69, 9.17) is 9.05 Å². The molecular weight excluding hydrogens is 297 g/mol. The average molecular weight is 315 g/mol. The lowest BCUT2D eigenvalue weighted by atomic mass is 10.0. The molecule has 0 saturated carbocycles. The summed E-state index contributed by atoms with van der Waals surface area (Å²) in [5.41, 5.74) is 1.13. The Labute approximate surface area is 123 Å². The molecule has 1 aromatic rings. The van der Waals surface area contributed by atoms with Crippen molar-refractivity contribution in [3.8, 4) is 0 Å². The smallest absolute Gasteiger partial charge is 0.311 e. The molecule has 110 valence electrons. The monoisotopic (exact) mass is 315 g/mol. The van der Waals surface area contributed by atoms with Gasteiger partial charge >= 0.3 is 7.60 Å². The van der Waals surface area contributed by atoms with Crippen LogP contribution in [0.4, 0.5) is 0 Å². The minimum Gasteiger partial charge on any atom is -0.311 e. The van der Waals surface area contributed by atoms with Gasteiger partial charge in [-0.25, -0.2) is 0 Å². The van der Waals surface area contributed by atoms with Crippen LogP contribution >= 0.6 is 19.5 Å². The summed E-state index contributed by atoms with van der Waals surface area (Å²) < 4.78 is 23.3. The van der Waals surface area contributed by atoms with Gasteiger partial charge in [0.15, 0.2) is 0 Å². The number of nitrogens with zero attached hydrogens (tertiary/aromatic N) is 1. The van der Waals surface area contributed by atoms with Gasteiger partial charge in [-0.05, 0) is 23.9 Å². The molecule has 0 aromatic heterocycles. The number of hydrogen-bond acceptors (Lipinski definition) is 5. The molecule has 0 spiro atoms.